The number of nitrogens with one attached hydrogen (secondary N) is 1. The minimum Gasteiger partial charge on any atom is -0.372 e. The van der Waals surface area contributed by atoms with Gasteiger partial charge in [-0.25, -0.2) is 0 Å². The fourth-order valence-corrected chi connectivity index (χ4v) is 3.18. The molecule has 3 rings (SSSR count). The maximum absolute atomic E-state index is 12.9. The molecule has 1 aliphatic rings. The number of aromatic nitrogens is 1. The molecule has 0 bridgehead atoms. The number of amides is 1. The fraction of sp³-hybridized carbons (Fsp3) is 0.471. The van der Waals surface area contributed by atoms with Gasteiger partial charge in [-0.3, -0.25) is 4.79 Å². The summed E-state index contributed by atoms with van der Waals surface area (Å²) in [7, 11) is 0. The average molecular weight is 286 g/mol. The van der Waals surface area contributed by atoms with E-state index in [1.54, 1.807) is 0 Å². The summed E-state index contributed by atoms with van der Waals surface area (Å²) in [5, 5.41) is 1.13. The molecule has 0 radical (unpaired) electrons. The van der Waals surface area contributed by atoms with E-state index in [9.17, 15) is 4.79 Å². The Hall–Kier alpha value is -1.81. The average Bonchev–Trinajstić information content (AvgIpc) is 2.73. The predicted molar refractivity (Wildman–Crippen MR) is 83.7 cm³/mol. The first-order valence-corrected chi connectivity index (χ1v) is 7.50. The molecule has 0 spiro atoms. The Morgan fingerprint density at radius 1 is 1.24 bits per heavy atom. The maximum atomic E-state index is 12.9. The third-order valence-electron chi connectivity index (χ3n) is 4.28. The molecular weight excluding hydrogens is 264 g/mol. The second kappa shape index (κ2) is 5.19. The lowest BCUT2D eigenvalue weighted by atomic mass is 10.1. The van der Waals surface area contributed by atoms with Crippen LogP contribution in [0.4, 0.5) is 0 Å². The number of aryl methyl sites for hydroxylation is 2. The standard InChI is InChI=1S/C17H22N2O2/c1-10-8-19(9-11(2)21-10)17(20)15-7-5-6-14-12(3)13(4)18-16(14)15/h5-7,10-11,18H,8-9H2,1-4H3/t10-,11+. The van der Waals surface area contributed by atoms with Crippen LogP contribution in [0.5, 0.6) is 0 Å². The molecule has 1 amide bonds. The van der Waals surface area contributed by atoms with E-state index in [0.717, 1.165) is 22.2 Å². The highest BCUT2D eigenvalue weighted by Crippen LogP contribution is 2.26. The molecule has 0 saturated carbocycles. The molecule has 21 heavy (non-hydrogen) atoms. The molecule has 4 nitrogen and oxygen atoms in total. The number of fused-ring (bicyclic) bond motifs is 1. The lowest BCUT2D eigenvalue weighted by Gasteiger charge is -2.35. The van der Waals surface area contributed by atoms with Crippen LogP contribution < -0.4 is 0 Å². The summed E-state index contributed by atoms with van der Waals surface area (Å²) < 4.78 is 5.71. The lowest BCUT2D eigenvalue weighted by Crippen LogP contribution is -2.48. The predicted octanol–water partition coefficient (Wildman–Crippen LogP) is 3.03. The minimum absolute atomic E-state index is 0.0869. The zero-order chi connectivity index (χ0) is 15.1. The van der Waals surface area contributed by atoms with E-state index in [1.165, 1.54) is 5.56 Å². The van der Waals surface area contributed by atoms with Gasteiger partial charge >= 0.3 is 0 Å². The number of morpholine rings is 1. The highest BCUT2D eigenvalue weighted by atomic mass is 16.5. The van der Waals surface area contributed by atoms with E-state index >= 15 is 0 Å². The highest BCUT2D eigenvalue weighted by Gasteiger charge is 2.27. The van der Waals surface area contributed by atoms with E-state index < -0.39 is 0 Å². The summed E-state index contributed by atoms with van der Waals surface area (Å²) in [4.78, 5) is 18.1. The lowest BCUT2D eigenvalue weighted by molar-refractivity contribution is -0.0585. The van der Waals surface area contributed by atoms with Crippen molar-refractivity contribution in [1.82, 2.24) is 9.88 Å². The van der Waals surface area contributed by atoms with Crippen molar-refractivity contribution in [3.8, 4) is 0 Å². The van der Waals surface area contributed by atoms with Crippen molar-refractivity contribution >= 4 is 16.8 Å². The van der Waals surface area contributed by atoms with Crippen LogP contribution in [0.2, 0.25) is 0 Å². The molecule has 2 aromatic rings. The number of ether oxygens (including phenoxy) is 1. The van der Waals surface area contributed by atoms with Gasteiger partial charge in [-0.2, -0.15) is 0 Å². The van der Waals surface area contributed by atoms with Crippen molar-refractivity contribution in [1.29, 1.82) is 0 Å². The Bertz CT molecular complexity index is 679. The number of nitrogens with zero attached hydrogens (tertiary/aromatic N) is 1. The number of H-pyrrole nitrogens is 1. The number of carbonyl (C=O) groups is 1. The fourth-order valence-electron chi connectivity index (χ4n) is 3.18. The van der Waals surface area contributed by atoms with Gasteiger partial charge < -0.3 is 14.6 Å². The summed E-state index contributed by atoms with van der Waals surface area (Å²) in [5.41, 5.74) is 4.03. The van der Waals surface area contributed by atoms with Crippen molar-refractivity contribution in [2.75, 3.05) is 13.1 Å². The summed E-state index contributed by atoms with van der Waals surface area (Å²) in [6, 6.07) is 5.93. The van der Waals surface area contributed by atoms with Crippen LogP contribution in [0.3, 0.4) is 0 Å². The first-order chi connectivity index (χ1) is 9.97. The second-order valence-corrected chi connectivity index (χ2v) is 6.07. The van der Waals surface area contributed by atoms with Crippen LogP contribution in [0.15, 0.2) is 18.2 Å². The number of hydrogen-bond donors (Lipinski definition) is 1. The molecule has 2 heterocycles. The number of aromatic amines is 1. The zero-order valence-corrected chi connectivity index (χ0v) is 13.1. The van der Waals surface area contributed by atoms with Crippen molar-refractivity contribution in [3.05, 3.63) is 35.0 Å². The number of carbonyl (C=O) groups excluding carboxylic acids is 1. The van der Waals surface area contributed by atoms with Gasteiger partial charge in [-0.15, -0.1) is 0 Å². The molecule has 0 unspecified atom stereocenters. The molecule has 2 atom stereocenters. The van der Waals surface area contributed by atoms with Crippen molar-refractivity contribution < 1.29 is 9.53 Å². The topological polar surface area (TPSA) is 45.3 Å². The Morgan fingerprint density at radius 2 is 1.90 bits per heavy atom. The second-order valence-electron chi connectivity index (χ2n) is 6.07. The summed E-state index contributed by atoms with van der Waals surface area (Å²) in [6.07, 6.45) is 0.174. The molecule has 1 aromatic carbocycles. The van der Waals surface area contributed by atoms with Crippen LogP contribution in [0, 0.1) is 13.8 Å². The molecule has 0 aliphatic carbocycles. The van der Waals surface area contributed by atoms with E-state index in [1.807, 2.05) is 37.8 Å². The first-order valence-electron chi connectivity index (χ1n) is 7.50. The third-order valence-corrected chi connectivity index (χ3v) is 4.28. The van der Waals surface area contributed by atoms with Gasteiger partial charge in [0.15, 0.2) is 0 Å². The number of para-hydroxylation sites is 1. The van der Waals surface area contributed by atoms with Crippen molar-refractivity contribution in [2.24, 2.45) is 0 Å². The molecule has 4 heteroatoms. The Labute approximate surface area is 125 Å². The molecule has 1 saturated heterocycles. The zero-order valence-electron chi connectivity index (χ0n) is 13.1. The largest absolute Gasteiger partial charge is 0.372 e. The van der Waals surface area contributed by atoms with E-state index in [0.29, 0.717) is 13.1 Å². The SMILES string of the molecule is Cc1[nH]c2c(C(=O)N3C[C@@H](C)O[C@@H](C)C3)cccc2c1C. The van der Waals surface area contributed by atoms with Gasteiger partial charge in [-0.1, -0.05) is 12.1 Å². The van der Waals surface area contributed by atoms with Gasteiger partial charge in [0.05, 0.1) is 23.3 Å². The van der Waals surface area contributed by atoms with Gasteiger partial charge in [0, 0.05) is 24.2 Å². The van der Waals surface area contributed by atoms with Crippen molar-refractivity contribution in [3.63, 3.8) is 0 Å². The third kappa shape index (κ3) is 2.44. The quantitative estimate of drug-likeness (QED) is 0.876. The Balaban J connectivity index is 2.00. The summed E-state index contributed by atoms with van der Waals surface area (Å²) >= 11 is 0. The van der Waals surface area contributed by atoms with Crippen LogP contribution >= 0.6 is 0 Å². The normalized spacial score (nSPS) is 22.8. The van der Waals surface area contributed by atoms with Crippen LogP contribution in [0.1, 0.15) is 35.5 Å². The first kappa shape index (κ1) is 14.1. The highest BCUT2D eigenvalue weighted by molar-refractivity contribution is 6.06. The van der Waals surface area contributed by atoms with Gasteiger partial charge in [0.1, 0.15) is 0 Å². The molecule has 1 aliphatic heterocycles. The number of rotatable bonds is 1. The monoisotopic (exact) mass is 286 g/mol. The van der Waals surface area contributed by atoms with E-state index in [4.69, 9.17) is 4.74 Å². The smallest absolute Gasteiger partial charge is 0.256 e. The van der Waals surface area contributed by atoms with E-state index in [-0.39, 0.29) is 18.1 Å². The molecule has 1 fully saturated rings. The van der Waals surface area contributed by atoms with E-state index in [2.05, 4.69) is 18.0 Å². The number of hydrogen-bond acceptors (Lipinski definition) is 2. The Kier molecular flexibility index (Phi) is 3.49. The van der Waals surface area contributed by atoms with Crippen molar-refractivity contribution in [2.45, 2.75) is 39.9 Å². The molecule has 112 valence electrons. The number of benzene rings is 1. The van der Waals surface area contributed by atoms with Crippen LogP contribution in [-0.2, 0) is 4.74 Å². The van der Waals surface area contributed by atoms with Gasteiger partial charge in [0.25, 0.3) is 5.91 Å². The summed E-state index contributed by atoms with van der Waals surface area (Å²) in [6.45, 7) is 9.46. The molecular formula is C17H22N2O2. The molecule has 1 aromatic heterocycles. The summed E-state index contributed by atoms with van der Waals surface area (Å²) in [5.74, 6) is 0.0869. The Morgan fingerprint density at radius 3 is 2.57 bits per heavy atom. The minimum atomic E-state index is 0.0869. The van der Waals surface area contributed by atoms with Crippen LogP contribution in [-0.4, -0.2) is 41.1 Å². The maximum Gasteiger partial charge on any atom is 0.256 e. The van der Waals surface area contributed by atoms with Gasteiger partial charge in [0.2, 0.25) is 0 Å². The van der Waals surface area contributed by atoms with Gasteiger partial charge in [-0.05, 0) is 39.3 Å². The van der Waals surface area contributed by atoms with Crippen LogP contribution in [0.25, 0.3) is 10.9 Å². The molecule has 1 N–H and O–H groups in total.